The van der Waals surface area contributed by atoms with Crippen molar-refractivity contribution in [2.24, 2.45) is 0 Å². The van der Waals surface area contributed by atoms with Gasteiger partial charge in [-0.25, -0.2) is 8.42 Å². The van der Waals surface area contributed by atoms with Crippen LogP contribution in [0.2, 0.25) is 0 Å². The fourth-order valence-corrected chi connectivity index (χ4v) is 2.00. The van der Waals surface area contributed by atoms with Crippen molar-refractivity contribution in [1.82, 2.24) is 4.72 Å². The molecule has 0 aliphatic carbocycles. The Kier molecular flexibility index (Phi) is 3.52. The predicted octanol–water partition coefficient (Wildman–Crippen LogP) is 2.20. The average molecular weight is 225 g/mol. The molecule has 1 N–H and O–H groups in total. The highest BCUT2D eigenvalue weighted by Crippen LogP contribution is 2.09. The van der Waals surface area contributed by atoms with Gasteiger partial charge in [0, 0.05) is 6.20 Å². The molecule has 82 valence electrons. The standard InChI is InChI=1S/C11H15NO2S/c1-9(2)8-12-15(13,14)11-6-4-10(3)5-7-11/h4-8,12H,1-3H3. The van der Waals surface area contributed by atoms with Crippen molar-refractivity contribution >= 4 is 10.0 Å². The normalized spacial score (nSPS) is 10.9. The van der Waals surface area contributed by atoms with Crippen molar-refractivity contribution < 1.29 is 8.42 Å². The zero-order valence-corrected chi connectivity index (χ0v) is 9.93. The minimum absolute atomic E-state index is 0.283. The van der Waals surface area contributed by atoms with Crippen molar-refractivity contribution in [1.29, 1.82) is 0 Å². The molecule has 0 fully saturated rings. The van der Waals surface area contributed by atoms with Crippen LogP contribution in [0.15, 0.2) is 40.9 Å². The lowest BCUT2D eigenvalue weighted by molar-refractivity contribution is 0.590. The van der Waals surface area contributed by atoms with Crippen LogP contribution in [0.5, 0.6) is 0 Å². The molecule has 0 saturated carbocycles. The molecule has 3 nitrogen and oxygen atoms in total. The quantitative estimate of drug-likeness (QED) is 0.857. The zero-order chi connectivity index (χ0) is 11.5. The SMILES string of the molecule is CC(C)=CNS(=O)(=O)c1ccc(C)cc1. The Labute approximate surface area is 90.9 Å². The van der Waals surface area contributed by atoms with E-state index >= 15 is 0 Å². The highest BCUT2D eigenvalue weighted by molar-refractivity contribution is 7.89. The summed E-state index contributed by atoms with van der Waals surface area (Å²) in [6.45, 7) is 5.58. The number of hydrogen-bond acceptors (Lipinski definition) is 2. The van der Waals surface area contributed by atoms with Gasteiger partial charge in [0.2, 0.25) is 0 Å². The maximum Gasteiger partial charge on any atom is 0.261 e. The molecule has 0 saturated heterocycles. The molecule has 0 heterocycles. The van der Waals surface area contributed by atoms with E-state index in [1.165, 1.54) is 6.20 Å². The average Bonchev–Trinajstić information content (AvgIpc) is 2.16. The number of sulfonamides is 1. The van der Waals surface area contributed by atoms with Gasteiger partial charge in [-0.15, -0.1) is 0 Å². The summed E-state index contributed by atoms with van der Waals surface area (Å²) in [5.41, 5.74) is 1.95. The highest BCUT2D eigenvalue weighted by atomic mass is 32.2. The van der Waals surface area contributed by atoms with Crippen molar-refractivity contribution in [2.75, 3.05) is 0 Å². The Morgan fingerprint density at radius 2 is 1.73 bits per heavy atom. The second-order valence-electron chi connectivity index (χ2n) is 3.66. The first-order chi connectivity index (χ1) is 6.92. The van der Waals surface area contributed by atoms with E-state index in [1.807, 2.05) is 20.8 Å². The minimum Gasteiger partial charge on any atom is -0.287 e. The zero-order valence-electron chi connectivity index (χ0n) is 9.11. The van der Waals surface area contributed by atoms with Crippen LogP contribution >= 0.6 is 0 Å². The van der Waals surface area contributed by atoms with Crippen molar-refractivity contribution in [3.8, 4) is 0 Å². The fourth-order valence-electron chi connectivity index (χ4n) is 0.981. The summed E-state index contributed by atoms with van der Waals surface area (Å²) in [5.74, 6) is 0. The number of aryl methyl sites for hydroxylation is 1. The summed E-state index contributed by atoms with van der Waals surface area (Å²) in [5, 5.41) is 0. The van der Waals surface area contributed by atoms with Gasteiger partial charge in [-0.3, -0.25) is 4.72 Å². The number of rotatable bonds is 3. The summed E-state index contributed by atoms with van der Waals surface area (Å²) < 4.78 is 25.8. The molecule has 1 aromatic rings. The monoisotopic (exact) mass is 225 g/mol. The van der Waals surface area contributed by atoms with Gasteiger partial charge < -0.3 is 0 Å². The highest BCUT2D eigenvalue weighted by Gasteiger charge is 2.10. The van der Waals surface area contributed by atoms with E-state index in [9.17, 15) is 8.42 Å². The van der Waals surface area contributed by atoms with E-state index in [0.29, 0.717) is 0 Å². The molecule has 0 amide bonds. The van der Waals surface area contributed by atoms with Crippen molar-refractivity contribution in [2.45, 2.75) is 25.7 Å². The van der Waals surface area contributed by atoms with Crippen LogP contribution in [-0.2, 0) is 10.0 Å². The third-order valence-electron chi connectivity index (χ3n) is 1.83. The van der Waals surface area contributed by atoms with Gasteiger partial charge in [0.1, 0.15) is 0 Å². The summed E-state index contributed by atoms with van der Waals surface area (Å²) >= 11 is 0. The molecule has 4 heteroatoms. The molecule has 0 spiro atoms. The number of benzene rings is 1. The van der Waals surface area contributed by atoms with E-state index in [4.69, 9.17) is 0 Å². The van der Waals surface area contributed by atoms with Crippen LogP contribution in [0.1, 0.15) is 19.4 Å². The number of nitrogens with one attached hydrogen (secondary N) is 1. The Balaban J connectivity index is 2.97. The van der Waals surface area contributed by atoms with E-state index in [0.717, 1.165) is 11.1 Å². The molecule has 0 bridgehead atoms. The van der Waals surface area contributed by atoms with E-state index < -0.39 is 10.0 Å². The van der Waals surface area contributed by atoms with Gasteiger partial charge >= 0.3 is 0 Å². The number of hydrogen-bond donors (Lipinski definition) is 1. The van der Waals surface area contributed by atoms with Crippen LogP contribution < -0.4 is 4.72 Å². The Hall–Kier alpha value is -1.29. The largest absolute Gasteiger partial charge is 0.287 e. The Morgan fingerprint density at radius 3 is 2.20 bits per heavy atom. The van der Waals surface area contributed by atoms with E-state index in [1.54, 1.807) is 24.3 Å². The lowest BCUT2D eigenvalue weighted by Crippen LogP contribution is -2.18. The first-order valence-corrected chi connectivity index (χ1v) is 6.12. The lowest BCUT2D eigenvalue weighted by Gasteiger charge is -2.04. The maximum atomic E-state index is 11.7. The first-order valence-electron chi connectivity index (χ1n) is 4.64. The second kappa shape index (κ2) is 4.49. The van der Waals surface area contributed by atoms with Crippen LogP contribution in [0.3, 0.4) is 0 Å². The van der Waals surface area contributed by atoms with E-state index in [-0.39, 0.29) is 4.90 Å². The molecule has 1 rings (SSSR count). The molecular weight excluding hydrogens is 210 g/mol. The summed E-state index contributed by atoms with van der Waals surface area (Å²) in [6, 6.07) is 6.74. The topological polar surface area (TPSA) is 46.2 Å². The molecule has 0 unspecified atom stereocenters. The molecule has 0 radical (unpaired) electrons. The van der Waals surface area contributed by atoms with Crippen LogP contribution in [-0.4, -0.2) is 8.42 Å². The van der Waals surface area contributed by atoms with Crippen LogP contribution in [0.4, 0.5) is 0 Å². The van der Waals surface area contributed by atoms with Gasteiger partial charge in [-0.1, -0.05) is 23.3 Å². The van der Waals surface area contributed by atoms with Crippen LogP contribution in [0, 0.1) is 6.92 Å². The second-order valence-corrected chi connectivity index (χ2v) is 5.37. The Morgan fingerprint density at radius 1 is 1.20 bits per heavy atom. The molecule has 0 atom stereocenters. The summed E-state index contributed by atoms with van der Waals surface area (Å²) in [4.78, 5) is 0.283. The summed E-state index contributed by atoms with van der Waals surface area (Å²) in [6.07, 6.45) is 1.48. The van der Waals surface area contributed by atoms with Crippen molar-refractivity contribution in [3.05, 3.63) is 41.6 Å². The molecule has 0 aliphatic heterocycles. The third kappa shape index (κ3) is 3.40. The summed E-state index contributed by atoms with van der Waals surface area (Å²) in [7, 11) is -3.40. The predicted molar refractivity (Wildman–Crippen MR) is 60.9 cm³/mol. The smallest absolute Gasteiger partial charge is 0.261 e. The van der Waals surface area contributed by atoms with Gasteiger partial charge in [0.15, 0.2) is 0 Å². The lowest BCUT2D eigenvalue weighted by atomic mass is 10.2. The molecule has 15 heavy (non-hydrogen) atoms. The Bertz CT molecular complexity index is 454. The van der Waals surface area contributed by atoms with Gasteiger partial charge in [-0.05, 0) is 32.9 Å². The maximum absolute atomic E-state index is 11.7. The number of allylic oxidation sites excluding steroid dienone is 1. The minimum atomic E-state index is -3.40. The molecule has 0 aliphatic rings. The molecule has 0 aromatic heterocycles. The van der Waals surface area contributed by atoms with Gasteiger partial charge in [0.05, 0.1) is 4.90 Å². The van der Waals surface area contributed by atoms with Gasteiger partial charge in [0.25, 0.3) is 10.0 Å². The molecule has 1 aromatic carbocycles. The van der Waals surface area contributed by atoms with Gasteiger partial charge in [-0.2, -0.15) is 0 Å². The van der Waals surface area contributed by atoms with E-state index in [2.05, 4.69) is 4.72 Å². The van der Waals surface area contributed by atoms with Crippen LogP contribution in [0.25, 0.3) is 0 Å². The van der Waals surface area contributed by atoms with Crippen molar-refractivity contribution in [3.63, 3.8) is 0 Å². The third-order valence-corrected chi connectivity index (χ3v) is 3.15. The first kappa shape index (κ1) is 11.8. The molecular formula is C11H15NO2S. The fraction of sp³-hybridized carbons (Fsp3) is 0.273.